The fraction of sp³-hybridized carbons (Fsp3) is 0.941. The number of amides is 1. The lowest BCUT2D eigenvalue weighted by Crippen LogP contribution is -2.47. The number of likely N-dealkylation sites (N-methyl/N-ethyl adjacent to an activating group) is 1. The molecular weight excluding hydrogens is 294 g/mol. The Morgan fingerprint density at radius 2 is 1.78 bits per heavy atom. The van der Waals surface area contributed by atoms with E-state index in [1.165, 1.54) is 0 Å². The molecule has 2 saturated heterocycles. The Kier molecular flexibility index (Phi) is 6.42. The van der Waals surface area contributed by atoms with Crippen LogP contribution in [0.15, 0.2) is 0 Å². The number of carbonyl (C=O) groups is 1. The average Bonchev–Trinajstić information content (AvgIpc) is 2.85. The maximum atomic E-state index is 12.6. The first-order chi connectivity index (χ1) is 10.8. The Hall–Kier alpha value is -0.690. The number of hydrogen-bond donors (Lipinski definition) is 1. The lowest BCUT2D eigenvalue weighted by molar-refractivity contribution is -0.151. The molecule has 0 aromatic rings. The van der Waals surface area contributed by atoms with Crippen molar-refractivity contribution in [3.63, 3.8) is 0 Å². The van der Waals surface area contributed by atoms with Gasteiger partial charge in [0.2, 0.25) is 0 Å². The van der Waals surface area contributed by atoms with Gasteiger partial charge in [0.05, 0.1) is 6.10 Å². The van der Waals surface area contributed by atoms with Crippen molar-refractivity contribution in [1.82, 2.24) is 14.7 Å². The van der Waals surface area contributed by atoms with Gasteiger partial charge in [0, 0.05) is 39.3 Å². The van der Waals surface area contributed by atoms with Gasteiger partial charge in [-0.1, -0.05) is 0 Å². The molecule has 1 N–H and O–H groups in total. The van der Waals surface area contributed by atoms with Crippen molar-refractivity contribution in [1.29, 1.82) is 0 Å². The summed E-state index contributed by atoms with van der Waals surface area (Å²) in [6, 6.07) is 0.157. The molecule has 0 aromatic heterocycles. The maximum Gasteiger partial charge on any atom is 0.254 e. The van der Waals surface area contributed by atoms with Crippen LogP contribution >= 0.6 is 0 Å². The van der Waals surface area contributed by atoms with Crippen LogP contribution in [0.3, 0.4) is 0 Å². The smallest absolute Gasteiger partial charge is 0.254 e. The third kappa shape index (κ3) is 4.66. The van der Waals surface area contributed by atoms with Crippen LogP contribution in [0.1, 0.15) is 33.1 Å². The largest absolute Gasteiger partial charge is 0.391 e. The minimum Gasteiger partial charge on any atom is -0.391 e. The highest BCUT2D eigenvalue weighted by Gasteiger charge is 2.36. The summed E-state index contributed by atoms with van der Waals surface area (Å²) in [4.78, 5) is 19.2. The first-order valence-electron chi connectivity index (χ1n) is 8.80. The minimum absolute atomic E-state index is 0.0171. The van der Waals surface area contributed by atoms with Crippen LogP contribution in [0.2, 0.25) is 0 Å². The highest BCUT2D eigenvalue weighted by atomic mass is 16.5. The number of aliphatic hydroxyl groups excluding tert-OH is 1. The molecule has 0 spiro atoms. The number of carbonyl (C=O) groups excluding carboxylic acids is 1. The number of aliphatic hydroxyl groups is 1. The average molecular weight is 327 g/mol. The van der Waals surface area contributed by atoms with Crippen LogP contribution in [0, 0.1) is 0 Å². The third-order valence-electron chi connectivity index (χ3n) is 5.37. The minimum atomic E-state index is -0.796. The zero-order valence-corrected chi connectivity index (χ0v) is 15.1. The van der Waals surface area contributed by atoms with E-state index in [1.807, 2.05) is 4.90 Å². The van der Waals surface area contributed by atoms with Crippen LogP contribution in [0.5, 0.6) is 0 Å². The molecule has 0 radical (unpaired) electrons. The number of ether oxygens (including phenoxy) is 1. The summed E-state index contributed by atoms with van der Waals surface area (Å²) in [5.74, 6) is 0.0171. The summed E-state index contributed by atoms with van der Waals surface area (Å²) in [6.07, 6.45) is 2.25. The van der Waals surface area contributed by atoms with Crippen molar-refractivity contribution in [3.05, 3.63) is 0 Å². The summed E-state index contributed by atoms with van der Waals surface area (Å²) in [6.45, 7) is 9.10. The van der Waals surface area contributed by atoms with Gasteiger partial charge in [-0.3, -0.25) is 9.69 Å². The summed E-state index contributed by atoms with van der Waals surface area (Å²) < 4.78 is 5.32. The molecule has 2 rings (SSSR count). The number of methoxy groups -OCH3 is 1. The molecule has 2 atom stereocenters. The van der Waals surface area contributed by atoms with Gasteiger partial charge in [-0.05, 0) is 53.2 Å². The van der Waals surface area contributed by atoms with Gasteiger partial charge in [0.25, 0.3) is 5.91 Å². The monoisotopic (exact) mass is 327 g/mol. The molecule has 6 heteroatoms. The van der Waals surface area contributed by atoms with E-state index in [1.54, 1.807) is 21.0 Å². The van der Waals surface area contributed by atoms with E-state index in [9.17, 15) is 9.90 Å². The lowest BCUT2D eigenvalue weighted by Gasteiger charge is -2.33. The summed E-state index contributed by atoms with van der Waals surface area (Å²) >= 11 is 0. The highest BCUT2D eigenvalue weighted by molar-refractivity contribution is 5.84. The molecule has 0 aliphatic carbocycles. The first kappa shape index (κ1) is 18.6. The van der Waals surface area contributed by atoms with Crippen molar-refractivity contribution >= 4 is 5.91 Å². The number of rotatable bonds is 3. The second-order valence-electron chi connectivity index (χ2n) is 7.41. The number of nitrogens with zero attached hydrogens (tertiary/aromatic N) is 3. The lowest BCUT2D eigenvalue weighted by atomic mass is 10.0. The topological polar surface area (TPSA) is 56.2 Å². The molecule has 0 saturated carbocycles. The van der Waals surface area contributed by atoms with Gasteiger partial charge in [0.1, 0.15) is 5.60 Å². The molecule has 23 heavy (non-hydrogen) atoms. The number of hydrogen-bond acceptors (Lipinski definition) is 5. The van der Waals surface area contributed by atoms with Gasteiger partial charge < -0.3 is 19.6 Å². The van der Waals surface area contributed by atoms with Crippen LogP contribution in [0.4, 0.5) is 0 Å². The van der Waals surface area contributed by atoms with E-state index in [0.717, 1.165) is 39.0 Å². The molecule has 1 amide bonds. The normalized spacial score (nSPS) is 29.2. The molecule has 6 nitrogen and oxygen atoms in total. The van der Waals surface area contributed by atoms with E-state index in [2.05, 4.69) is 16.8 Å². The zero-order chi connectivity index (χ0) is 17.0. The third-order valence-corrected chi connectivity index (χ3v) is 5.37. The maximum absolute atomic E-state index is 12.6. The van der Waals surface area contributed by atoms with Crippen LogP contribution in [0.25, 0.3) is 0 Å². The molecule has 0 aromatic carbocycles. The van der Waals surface area contributed by atoms with Crippen molar-refractivity contribution < 1.29 is 14.6 Å². The number of likely N-dealkylation sites (tertiary alicyclic amines) is 1. The molecule has 0 bridgehead atoms. The van der Waals surface area contributed by atoms with Gasteiger partial charge >= 0.3 is 0 Å². The fourth-order valence-electron chi connectivity index (χ4n) is 3.57. The van der Waals surface area contributed by atoms with E-state index >= 15 is 0 Å². The summed E-state index contributed by atoms with van der Waals surface area (Å²) in [7, 11) is 3.72. The predicted molar refractivity (Wildman–Crippen MR) is 90.4 cm³/mol. The fourth-order valence-corrected chi connectivity index (χ4v) is 3.57. The van der Waals surface area contributed by atoms with Gasteiger partial charge in [-0.25, -0.2) is 0 Å². The van der Waals surface area contributed by atoms with Crippen molar-refractivity contribution in [3.8, 4) is 0 Å². The van der Waals surface area contributed by atoms with Crippen molar-refractivity contribution in [2.45, 2.75) is 50.9 Å². The van der Waals surface area contributed by atoms with Crippen molar-refractivity contribution in [2.24, 2.45) is 0 Å². The SMILES string of the molecule is COC(C)(C)C(=O)N1CC[C@H](O)[C@@H](N2CCCN(C)CC2)CC1. The summed E-state index contributed by atoms with van der Waals surface area (Å²) in [5, 5.41) is 10.6. The highest BCUT2D eigenvalue weighted by Crippen LogP contribution is 2.22. The van der Waals surface area contributed by atoms with E-state index in [0.29, 0.717) is 19.5 Å². The Labute approximate surface area is 140 Å². The van der Waals surface area contributed by atoms with Crippen molar-refractivity contribution in [2.75, 3.05) is 53.4 Å². The van der Waals surface area contributed by atoms with Gasteiger partial charge in [-0.2, -0.15) is 0 Å². The standard InChI is InChI=1S/C17H33N3O3/c1-17(2,23-4)16(22)20-10-6-14(15(21)7-11-20)19-9-5-8-18(3)12-13-19/h14-15,21H,5-13H2,1-4H3/t14-,15-/m0/s1. The van der Waals surface area contributed by atoms with Gasteiger partial charge in [-0.15, -0.1) is 0 Å². The quantitative estimate of drug-likeness (QED) is 0.813. The molecule has 2 aliphatic rings. The Balaban J connectivity index is 1.99. The zero-order valence-electron chi connectivity index (χ0n) is 15.1. The van der Waals surface area contributed by atoms with Crippen LogP contribution < -0.4 is 0 Å². The van der Waals surface area contributed by atoms with Gasteiger partial charge in [0.15, 0.2) is 0 Å². The molecule has 2 heterocycles. The summed E-state index contributed by atoms with van der Waals surface area (Å²) in [5.41, 5.74) is -0.796. The molecule has 0 unspecified atom stereocenters. The second-order valence-corrected chi connectivity index (χ2v) is 7.41. The first-order valence-corrected chi connectivity index (χ1v) is 8.80. The predicted octanol–water partition coefficient (Wildman–Crippen LogP) is 0.401. The molecule has 2 aliphatic heterocycles. The molecular formula is C17H33N3O3. The molecule has 2 fully saturated rings. The van der Waals surface area contributed by atoms with Crippen LogP contribution in [-0.4, -0.2) is 96.9 Å². The molecule has 134 valence electrons. The Morgan fingerprint density at radius 1 is 1.09 bits per heavy atom. The Morgan fingerprint density at radius 3 is 2.48 bits per heavy atom. The second kappa shape index (κ2) is 7.92. The van der Waals surface area contributed by atoms with E-state index in [4.69, 9.17) is 4.74 Å². The van der Waals surface area contributed by atoms with Crippen LogP contribution in [-0.2, 0) is 9.53 Å². The Bertz CT molecular complexity index is 403. The van der Waals surface area contributed by atoms with E-state index < -0.39 is 5.60 Å². The van der Waals surface area contributed by atoms with E-state index in [-0.39, 0.29) is 18.1 Å².